The second-order valence-corrected chi connectivity index (χ2v) is 5.59. The molecule has 0 radical (unpaired) electrons. The molecule has 4 heteroatoms. The van der Waals surface area contributed by atoms with E-state index in [1.165, 1.54) is 0 Å². The third-order valence-electron chi connectivity index (χ3n) is 3.03. The molecule has 2 aromatic carbocycles. The summed E-state index contributed by atoms with van der Waals surface area (Å²) < 4.78 is 0.990. The normalized spacial score (nSPS) is 10.2. The summed E-state index contributed by atoms with van der Waals surface area (Å²) in [5.74, 6) is -0.0602. The minimum Gasteiger partial charge on any atom is -0.376 e. The van der Waals surface area contributed by atoms with Crippen LogP contribution in [0, 0.1) is 13.8 Å². The molecule has 2 rings (SSSR count). The highest BCUT2D eigenvalue weighted by Gasteiger charge is 2.05. The molecule has 0 fully saturated rings. The van der Waals surface area contributed by atoms with Crippen LogP contribution in [0.4, 0.5) is 11.4 Å². The molecule has 1 amide bonds. The van der Waals surface area contributed by atoms with Crippen LogP contribution in [-0.2, 0) is 4.79 Å². The molecule has 0 aliphatic rings. The van der Waals surface area contributed by atoms with E-state index in [-0.39, 0.29) is 12.5 Å². The van der Waals surface area contributed by atoms with Gasteiger partial charge in [-0.1, -0.05) is 34.1 Å². The largest absolute Gasteiger partial charge is 0.376 e. The van der Waals surface area contributed by atoms with Crippen LogP contribution in [-0.4, -0.2) is 12.5 Å². The SMILES string of the molecule is Cc1cccc(C)c1NCC(=O)Nc1ccc(Br)cc1. The van der Waals surface area contributed by atoms with E-state index in [4.69, 9.17) is 0 Å². The Bertz CT molecular complexity index is 588. The van der Waals surface area contributed by atoms with Crippen LogP contribution >= 0.6 is 15.9 Å². The van der Waals surface area contributed by atoms with E-state index in [1.807, 2.05) is 56.3 Å². The second-order valence-electron chi connectivity index (χ2n) is 4.68. The Hall–Kier alpha value is -1.81. The maximum Gasteiger partial charge on any atom is 0.243 e. The number of amides is 1. The van der Waals surface area contributed by atoms with E-state index in [0.717, 1.165) is 27.0 Å². The zero-order chi connectivity index (χ0) is 14.5. The Labute approximate surface area is 127 Å². The lowest BCUT2D eigenvalue weighted by molar-refractivity contribution is -0.114. The van der Waals surface area contributed by atoms with Crippen molar-refractivity contribution in [3.05, 3.63) is 58.1 Å². The quantitative estimate of drug-likeness (QED) is 0.884. The third kappa shape index (κ3) is 3.84. The molecular weight excluding hydrogens is 316 g/mol. The van der Waals surface area contributed by atoms with E-state index in [9.17, 15) is 4.79 Å². The molecule has 104 valence electrons. The summed E-state index contributed by atoms with van der Waals surface area (Å²) in [5.41, 5.74) is 4.10. The fourth-order valence-corrected chi connectivity index (χ4v) is 2.26. The summed E-state index contributed by atoms with van der Waals surface area (Å²) in [6, 6.07) is 13.6. The fraction of sp³-hybridized carbons (Fsp3) is 0.188. The Morgan fingerprint density at radius 2 is 1.65 bits per heavy atom. The highest BCUT2D eigenvalue weighted by Crippen LogP contribution is 2.19. The molecule has 0 aliphatic carbocycles. The molecule has 3 nitrogen and oxygen atoms in total. The predicted molar refractivity (Wildman–Crippen MR) is 87.2 cm³/mol. The van der Waals surface area contributed by atoms with Crippen LogP contribution < -0.4 is 10.6 Å². The molecule has 0 saturated heterocycles. The van der Waals surface area contributed by atoms with Gasteiger partial charge in [0.1, 0.15) is 0 Å². The average molecular weight is 333 g/mol. The molecule has 0 spiro atoms. The van der Waals surface area contributed by atoms with Gasteiger partial charge in [0.05, 0.1) is 6.54 Å². The van der Waals surface area contributed by atoms with Gasteiger partial charge in [0.25, 0.3) is 0 Å². The number of rotatable bonds is 4. The standard InChI is InChI=1S/C16H17BrN2O/c1-11-4-3-5-12(2)16(11)18-10-15(20)19-14-8-6-13(17)7-9-14/h3-9,18H,10H2,1-2H3,(H,19,20). The van der Waals surface area contributed by atoms with E-state index < -0.39 is 0 Å². The predicted octanol–water partition coefficient (Wildman–Crippen LogP) is 4.12. The molecule has 0 atom stereocenters. The fourth-order valence-electron chi connectivity index (χ4n) is 2.00. The minimum absolute atomic E-state index is 0.0602. The second kappa shape index (κ2) is 6.57. The Morgan fingerprint density at radius 1 is 1.05 bits per heavy atom. The number of hydrogen-bond acceptors (Lipinski definition) is 2. The summed E-state index contributed by atoms with van der Waals surface area (Å²) in [4.78, 5) is 11.9. The van der Waals surface area contributed by atoms with Crippen molar-refractivity contribution >= 4 is 33.2 Å². The zero-order valence-corrected chi connectivity index (χ0v) is 13.1. The lowest BCUT2D eigenvalue weighted by Gasteiger charge is -2.12. The highest BCUT2D eigenvalue weighted by molar-refractivity contribution is 9.10. The van der Waals surface area contributed by atoms with Gasteiger partial charge in [-0.05, 0) is 49.2 Å². The topological polar surface area (TPSA) is 41.1 Å². The highest BCUT2D eigenvalue weighted by atomic mass is 79.9. The molecule has 2 aromatic rings. The first kappa shape index (κ1) is 14.6. The van der Waals surface area contributed by atoms with E-state index in [1.54, 1.807) is 0 Å². The van der Waals surface area contributed by atoms with Crippen molar-refractivity contribution in [2.45, 2.75) is 13.8 Å². The molecule has 0 heterocycles. The molecular formula is C16H17BrN2O. The number of nitrogens with one attached hydrogen (secondary N) is 2. The summed E-state index contributed by atoms with van der Waals surface area (Å²) in [7, 11) is 0. The van der Waals surface area contributed by atoms with Crippen LogP contribution in [0.5, 0.6) is 0 Å². The van der Waals surface area contributed by atoms with Crippen LogP contribution in [0.25, 0.3) is 0 Å². The van der Waals surface area contributed by atoms with Gasteiger partial charge in [-0.25, -0.2) is 0 Å². The molecule has 20 heavy (non-hydrogen) atoms. The maximum absolute atomic E-state index is 11.9. The first-order chi connectivity index (χ1) is 9.56. The van der Waals surface area contributed by atoms with Crippen LogP contribution in [0.3, 0.4) is 0 Å². The lowest BCUT2D eigenvalue weighted by atomic mass is 10.1. The third-order valence-corrected chi connectivity index (χ3v) is 3.56. The molecule has 0 unspecified atom stereocenters. The number of benzene rings is 2. The summed E-state index contributed by atoms with van der Waals surface area (Å²) >= 11 is 3.36. The number of hydrogen-bond donors (Lipinski definition) is 2. The first-order valence-corrected chi connectivity index (χ1v) is 7.21. The summed E-state index contributed by atoms with van der Waals surface area (Å²) in [6.07, 6.45) is 0. The Kier molecular flexibility index (Phi) is 4.79. The number of carbonyl (C=O) groups excluding carboxylic acids is 1. The van der Waals surface area contributed by atoms with Crippen molar-refractivity contribution in [3.63, 3.8) is 0 Å². The Balaban J connectivity index is 1.94. The van der Waals surface area contributed by atoms with Crippen molar-refractivity contribution in [2.75, 3.05) is 17.2 Å². The first-order valence-electron chi connectivity index (χ1n) is 6.42. The lowest BCUT2D eigenvalue weighted by Crippen LogP contribution is -2.22. The van der Waals surface area contributed by atoms with Gasteiger partial charge in [0, 0.05) is 15.8 Å². The minimum atomic E-state index is -0.0602. The van der Waals surface area contributed by atoms with Crippen molar-refractivity contribution in [3.8, 4) is 0 Å². The Morgan fingerprint density at radius 3 is 2.25 bits per heavy atom. The monoisotopic (exact) mass is 332 g/mol. The number of para-hydroxylation sites is 1. The van der Waals surface area contributed by atoms with Gasteiger partial charge in [-0.2, -0.15) is 0 Å². The van der Waals surface area contributed by atoms with Crippen LogP contribution in [0.15, 0.2) is 46.9 Å². The maximum atomic E-state index is 11.9. The molecule has 0 aliphatic heterocycles. The van der Waals surface area contributed by atoms with E-state index in [2.05, 4.69) is 26.6 Å². The summed E-state index contributed by atoms with van der Waals surface area (Å²) in [6.45, 7) is 4.31. The zero-order valence-electron chi connectivity index (χ0n) is 11.5. The summed E-state index contributed by atoms with van der Waals surface area (Å²) in [5, 5.41) is 6.05. The molecule has 2 N–H and O–H groups in total. The van der Waals surface area contributed by atoms with Crippen LogP contribution in [0.2, 0.25) is 0 Å². The van der Waals surface area contributed by atoms with Crippen molar-refractivity contribution < 1.29 is 4.79 Å². The smallest absolute Gasteiger partial charge is 0.243 e. The molecule has 0 bridgehead atoms. The van der Waals surface area contributed by atoms with Crippen LogP contribution in [0.1, 0.15) is 11.1 Å². The van der Waals surface area contributed by atoms with Gasteiger partial charge in [0.15, 0.2) is 0 Å². The van der Waals surface area contributed by atoms with E-state index in [0.29, 0.717) is 0 Å². The number of carbonyl (C=O) groups is 1. The van der Waals surface area contributed by atoms with Gasteiger partial charge >= 0.3 is 0 Å². The van der Waals surface area contributed by atoms with Crippen molar-refractivity contribution in [1.82, 2.24) is 0 Å². The van der Waals surface area contributed by atoms with Gasteiger partial charge in [-0.3, -0.25) is 4.79 Å². The molecule has 0 aromatic heterocycles. The number of anilines is 2. The van der Waals surface area contributed by atoms with Gasteiger partial charge in [-0.15, -0.1) is 0 Å². The number of halogens is 1. The van der Waals surface area contributed by atoms with Crippen molar-refractivity contribution in [2.24, 2.45) is 0 Å². The van der Waals surface area contributed by atoms with Crippen molar-refractivity contribution in [1.29, 1.82) is 0 Å². The van der Waals surface area contributed by atoms with Gasteiger partial charge < -0.3 is 10.6 Å². The van der Waals surface area contributed by atoms with E-state index >= 15 is 0 Å². The van der Waals surface area contributed by atoms with Gasteiger partial charge in [0.2, 0.25) is 5.91 Å². The molecule has 0 saturated carbocycles. The number of aryl methyl sites for hydroxylation is 2. The average Bonchev–Trinajstić information content (AvgIpc) is 2.41.